The van der Waals surface area contributed by atoms with Crippen LogP contribution in [0.25, 0.3) is 0 Å². The third-order valence-corrected chi connectivity index (χ3v) is 3.57. The lowest BCUT2D eigenvalue weighted by molar-refractivity contribution is 0.296. The normalized spacial score (nSPS) is 12.0. The van der Waals surface area contributed by atoms with Gasteiger partial charge in [0.1, 0.15) is 5.76 Å². The van der Waals surface area contributed by atoms with Gasteiger partial charge >= 0.3 is 0 Å². The van der Waals surface area contributed by atoms with Crippen LogP contribution in [0.3, 0.4) is 0 Å². The van der Waals surface area contributed by atoms with Crippen LogP contribution in [0.4, 0.5) is 0 Å². The number of nitrogens with one attached hydrogen (secondary N) is 1. The van der Waals surface area contributed by atoms with E-state index < -0.39 is 0 Å². The van der Waals surface area contributed by atoms with E-state index in [0.717, 1.165) is 22.6 Å². The van der Waals surface area contributed by atoms with Crippen molar-refractivity contribution in [2.75, 3.05) is 6.54 Å². The Balaban J connectivity index is 2.20. The van der Waals surface area contributed by atoms with Crippen LogP contribution in [-0.4, -0.2) is 6.54 Å². The van der Waals surface area contributed by atoms with Crippen LogP contribution in [0.5, 0.6) is 0 Å². The Labute approximate surface area is 119 Å². The summed E-state index contributed by atoms with van der Waals surface area (Å²) >= 11 is 2.20. The molecule has 0 fully saturated rings. The molecule has 1 rings (SSSR count). The second kappa shape index (κ2) is 7.41. The van der Waals surface area contributed by atoms with E-state index in [-0.39, 0.29) is 0 Å². The van der Waals surface area contributed by atoms with Crippen LogP contribution < -0.4 is 5.32 Å². The highest BCUT2D eigenvalue weighted by Crippen LogP contribution is 2.22. The zero-order chi connectivity index (χ0) is 12.7. The molecule has 3 heteroatoms. The first-order valence-corrected chi connectivity index (χ1v) is 7.56. The number of furan rings is 1. The van der Waals surface area contributed by atoms with E-state index >= 15 is 0 Å². The molecule has 17 heavy (non-hydrogen) atoms. The molecule has 0 saturated heterocycles. The molecule has 0 spiro atoms. The molecular formula is C14H24INO. The van der Waals surface area contributed by atoms with E-state index in [2.05, 4.69) is 48.7 Å². The van der Waals surface area contributed by atoms with Gasteiger partial charge < -0.3 is 9.73 Å². The first-order valence-electron chi connectivity index (χ1n) is 6.48. The molecule has 2 nitrogen and oxygen atoms in total. The third kappa shape index (κ3) is 6.46. The van der Waals surface area contributed by atoms with E-state index in [1.54, 1.807) is 0 Å². The van der Waals surface area contributed by atoms with Crippen molar-refractivity contribution in [1.82, 2.24) is 5.32 Å². The lowest BCUT2D eigenvalue weighted by atomic mass is 9.87. The molecule has 0 bridgehead atoms. The third-order valence-electron chi connectivity index (χ3n) is 2.99. The van der Waals surface area contributed by atoms with Crippen molar-refractivity contribution in [3.63, 3.8) is 0 Å². The zero-order valence-corrected chi connectivity index (χ0v) is 13.3. The number of hydrogen-bond donors (Lipinski definition) is 1. The van der Waals surface area contributed by atoms with Crippen LogP contribution in [0.2, 0.25) is 0 Å². The lowest BCUT2D eigenvalue weighted by Gasteiger charge is -2.24. The minimum Gasteiger partial charge on any atom is -0.454 e. The summed E-state index contributed by atoms with van der Waals surface area (Å²) in [5.74, 6) is 1.03. The minimum absolute atomic E-state index is 0.384. The van der Waals surface area contributed by atoms with E-state index in [1.807, 2.05) is 12.1 Å². The molecule has 0 atom stereocenters. The highest BCUT2D eigenvalue weighted by molar-refractivity contribution is 14.1. The highest BCUT2D eigenvalue weighted by atomic mass is 127. The van der Waals surface area contributed by atoms with Crippen molar-refractivity contribution in [1.29, 1.82) is 0 Å². The minimum atomic E-state index is 0.384. The Kier molecular flexibility index (Phi) is 6.55. The van der Waals surface area contributed by atoms with Gasteiger partial charge in [-0.05, 0) is 46.6 Å². The SMILES string of the molecule is CCCCCC(C)(C)CNCc1ccc(I)o1. The van der Waals surface area contributed by atoms with Gasteiger partial charge in [0.25, 0.3) is 0 Å². The number of halogens is 1. The molecule has 1 N–H and O–H groups in total. The van der Waals surface area contributed by atoms with E-state index in [0.29, 0.717) is 5.41 Å². The van der Waals surface area contributed by atoms with Crippen LogP contribution in [0.15, 0.2) is 16.5 Å². The molecular weight excluding hydrogens is 325 g/mol. The van der Waals surface area contributed by atoms with Gasteiger partial charge in [0.2, 0.25) is 0 Å². The van der Waals surface area contributed by atoms with E-state index in [4.69, 9.17) is 4.42 Å². The topological polar surface area (TPSA) is 25.2 Å². The summed E-state index contributed by atoms with van der Waals surface area (Å²) in [6.07, 6.45) is 5.28. The van der Waals surface area contributed by atoms with Gasteiger partial charge in [0, 0.05) is 6.54 Å². The fourth-order valence-electron chi connectivity index (χ4n) is 1.91. The average Bonchev–Trinajstić information content (AvgIpc) is 2.64. The largest absolute Gasteiger partial charge is 0.454 e. The van der Waals surface area contributed by atoms with E-state index in [1.165, 1.54) is 25.7 Å². The molecule has 0 unspecified atom stereocenters. The van der Waals surface area contributed by atoms with Gasteiger partial charge in [-0.25, -0.2) is 0 Å². The van der Waals surface area contributed by atoms with Crippen LogP contribution in [-0.2, 0) is 6.54 Å². The predicted molar refractivity (Wildman–Crippen MR) is 81.1 cm³/mol. The predicted octanol–water partition coefficient (Wildman–Crippen LogP) is 4.58. The summed E-state index contributed by atoms with van der Waals surface area (Å²) in [6, 6.07) is 4.04. The fraction of sp³-hybridized carbons (Fsp3) is 0.714. The summed E-state index contributed by atoms with van der Waals surface area (Å²) in [5.41, 5.74) is 0.384. The maximum Gasteiger partial charge on any atom is 0.164 e. The summed E-state index contributed by atoms with van der Waals surface area (Å²) in [5, 5.41) is 3.49. The zero-order valence-electron chi connectivity index (χ0n) is 11.2. The number of hydrogen-bond acceptors (Lipinski definition) is 2. The Morgan fingerprint density at radius 2 is 2.06 bits per heavy atom. The second-order valence-electron chi connectivity index (χ2n) is 5.43. The quantitative estimate of drug-likeness (QED) is 0.549. The maximum atomic E-state index is 5.52. The fourth-order valence-corrected chi connectivity index (χ4v) is 2.38. The Morgan fingerprint density at radius 3 is 2.65 bits per heavy atom. The van der Waals surface area contributed by atoms with Crippen molar-refractivity contribution in [3.05, 3.63) is 21.7 Å². The molecule has 0 aromatic carbocycles. The van der Waals surface area contributed by atoms with Crippen molar-refractivity contribution < 1.29 is 4.42 Å². The van der Waals surface area contributed by atoms with Gasteiger partial charge in [-0.2, -0.15) is 0 Å². The van der Waals surface area contributed by atoms with Crippen molar-refractivity contribution in [2.24, 2.45) is 5.41 Å². The Morgan fingerprint density at radius 1 is 1.29 bits per heavy atom. The molecule has 1 heterocycles. The standard InChI is InChI=1S/C14H24INO/c1-4-5-6-9-14(2,3)11-16-10-12-7-8-13(15)17-12/h7-8,16H,4-6,9-11H2,1-3H3. The molecule has 1 aromatic rings. The molecule has 0 amide bonds. The Bertz CT molecular complexity index is 320. The molecule has 0 saturated carbocycles. The number of rotatable bonds is 8. The smallest absolute Gasteiger partial charge is 0.164 e. The monoisotopic (exact) mass is 349 g/mol. The molecule has 98 valence electrons. The van der Waals surface area contributed by atoms with Crippen molar-refractivity contribution in [2.45, 2.75) is 53.0 Å². The summed E-state index contributed by atoms with van der Waals surface area (Å²) < 4.78 is 6.48. The van der Waals surface area contributed by atoms with Gasteiger partial charge in [-0.15, -0.1) is 0 Å². The maximum absolute atomic E-state index is 5.52. The van der Waals surface area contributed by atoms with Crippen molar-refractivity contribution >= 4 is 22.6 Å². The first-order chi connectivity index (χ1) is 8.03. The van der Waals surface area contributed by atoms with Crippen molar-refractivity contribution in [3.8, 4) is 0 Å². The summed E-state index contributed by atoms with van der Waals surface area (Å²) in [4.78, 5) is 0. The molecule has 0 radical (unpaired) electrons. The van der Waals surface area contributed by atoms with Gasteiger partial charge in [0.05, 0.1) is 6.54 Å². The highest BCUT2D eigenvalue weighted by Gasteiger charge is 2.16. The van der Waals surface area contributed by atoms with Gasteiger partial charge in [-0.1, -0.05) is 40.0 Å². The van der Waals surface area contributed by atoms with Gasteiger partial charge in [0.15, 0.2) is 3.77 Å². The van der Waals surface area contributed by atoms with Crippen LogP contribution in [0, 0.1) is 9.18 Å². The number of unbranched alkanes of at least 4 members (excludes halogenated alkanes) is 2. The lowest BCUT2D eigenvalue weighted by Crippen LogP contribution is -2.28. The molecule has 0 aliphatic rings. The summed E-state index contributed by atoms with van der Waals surface area (Å²) in [7, 11) is 0. The van der Waals surface area contributed by atoms with E-state index in [9.17, 15) is 0 Å². The molecule has 0 aliphatic carbocycles. The summed E-state index contributed by atoms with van der Waals surface area (Å²) in [6.45, 7) is 8.81. The second-order valence-corrected chi connectivity index (χ2v) is 6.49. The molecule has 1 aromatic heterocycles. The first kappa shape index (κ1) is 15.0. The Hall–Kier alpha value is -0.0300. The molecule has 0 aliphatic heterocycles. The average molecular weight is 349 g/mol. The van der Waals surface area contributed by atoms with Crippen LogP contribution in [0.1, 0.15) is 52.2 Å². The van der Waals surface area contributed by atoms with Crippen LogP contribution >= 0.6 is 22.6 Å². The van der Waals surface area contributed by atoms with Gasteiger partial charge in [-0.3, -0.25) is 0 Å².